The van der Waals surface area contributed by atoms with Crippen molar-refractivity contribution >= 4 is 23.0 Å². The number of ether oxygens (including phenoxy) is 2. The highest BCUT2D eigenvalue weighted by Crippen LogP contribution is 2.53. The van der Waals surface area contributed by atoms with Gasteiger partial charge in [0.25, 0.3) is 0 Å². The van der Waals surface area contributed by atoms with Crippen LogP contribution in [0.25, 0.3) is 11.0 Å². The fourth-order valence-corrected chi connectivity index (χ4v) is 9.09. The molecule has 0 amide bonds. The number of nitrogens with zero attached hydrogens (tertiary/aromatic N) is 4. The molecule has 8 nitrogen and oxygen atoms in total. The number of anilines is 1. The van der Waals surface area contributed by atoms with Gasteiger partial charge in [-0.05, 0) is 97.0 Å². The van der Waals surface area contributed by atoms with E-state index in [1.165, 1.54) is 42.4 Å². The van der Waals surface area contributed by atoms with E-state index in [1.54, 1.807) is 13.3 Å². The molecule has 2 saturated heterocycles. The molecule has 3 aliphatic rings. The fraction of sp³-hybridized carbons (Fsp3) is 0.409. The third kappa shape index (κ3) is 6.82. The molecule has 5 aromatic rings. The minimum absolute atomic E-state index is 0.374. The maximum absolute atomic E-state index is 12.0. The SMILES string of the molecule is COc1ccc(CN2CC(c3ccccc3C(C)C)N(C3CC4(CCN(c5ccc(C=O)c(Oc6cnc7[nH]ccc7c6)c5)CC4)C3)CC2C)cc1. The number of methoxy groups -OCH3 is 1. The Hall–Kier alpha value is -4.66. The average Bonchev–Trinajstić information content (AvgIpc) is 3.63. The summed E-state index contributed by atoms with van der Waals surface area (Å²) in [6.07, 6.45) is 9.33. The minimum atomic E-state index is 0.374. The van der Waals surface area contributed by atoms with Gasteiger partial charge in [-0.15, -0.1) is 0 Å². The molecule has 2 aliphatic heterocycles. The lowest BCUT2D eigenvalue weighted by Crippen LogP contribution is -2.61. The molecule has 8 heteroatoms. The fourth-order valence-electron chi connectivity index (χ4n) is 9.09. The molecule has 1 N–H and O–H groups in total. The number of piperidine rings is 1. The Balaban J connectivity index is 0.953. The normalized spacial score (nSPS) is 21.1. The van der Waals surface area contributed by atoms with Crippen LogP contribution in [0.3, 0.4) is 0 Å². The van der Waals surface area contributed by atoms with Crippen LogP contribution in [0.2, 0.25) is 0 Å². The number of nitrogens with one attached hydrogen (secondary N) is 1. The summed E-state index contributed by atoms with van der Waals surface area (Å²) in [5, 5.41) is 0.974. The number of benzene rings is 3. The number of carbonyl (C=O) groups excluding carboxylic acids is 1. The Morgan fingerprint density at radius 2 is 1.75 bits per heavy atom. The molecule has 2 atom stereocenters. The third-order valence-corrected chi connectivity index (χ3v) is 12.2. The van der Waals surface area contributed by atoms with Crippen LogP contribution in [0, 0.1) is 5.41 Å². The molecule has 0 radical (unpaired) electrons. The van der Waals surface area contributed by atoms with Crippen LogP contribution in [0.4, 0.5) is 5.69 Å². The van der Waals surface area contributed by atoms with Crippen molar-refractivity contribution in [3.05, 3.63) is 114 Å². The molecular weight excluding hydrogens is 647 g/mol. The number of aldehydes is 1. The summed E-state index contributed by atoms with van der Waals surface area (Å²) in [6, 6.07) is 29.1. The number of aromatic amines is 1. The van der Waals surface area contributed by atoms with Crippen LogP contribution < -0.4 is 14.4 Å². The van der Waals surface area contributed by atoms with Gasteiger partial charge in [0.15, 0.2) is 6.29 Å². The van der Waals surface area contributed by atoms with Crippen LogP contribution in [-0.2, 0) is 6.54 Å². The van der Waals surface area contributed by atoms with Gasteiger partial charge < -0.3 is 19.4 Å². The Bertz CT molecular complexity index is 2010. The first-order chi connectivity index (χ1) is 25.3. The van der Waals surface area contributed by atoms with Crippen LogP contribution >= 0.6 is 0 Å². The summed E-state index contributed by atoms with van der Waals surface area (Å²) in [5.74, 6) is 2.58. The highest BCUT2D eigenvalue weighted by atomic mass is 16.5. The maximum atomic E-state index is 12.0. The van der Waals surface area contributed by atoms with E-state index in [9.17, 15) is 4.79 Å². The number of aromatic nitrogens is 2. The second-order valence-corrected chi connectivity index (χ2v) is 15.7. The van der Waals surface area contributed by atoms with Gasteiger partial charge in [0.1, 0.15) is 22.9 Å². The van der Waals surface area contributed by atoms with Gasteiger partial charge in [0, 0.05) is 74.2 Å². The van der Waals surface area contributed by atoms with Gasteiger partial charge in [0.05, 0.1) is 18.9 Å². The number of pyridine rings is 1. The molecule has 4 heterocycles. The number of H-pyrrole nitrogens is 1. The van der Waals surface area contributed by atoms with Crippen molar-refractivity contribution in [1.29, 1.82) is 0 Å². The van der Waals surface area contributed by atoms with Crippen LogP contribution in [0.15, 0.2) is 91.3 Å². The highest BCUT2D eigenvalue weighted by Gasteiger charge is 2.50. The lowest BCUT2D eigenvalue weighted by molar-refractivity contribution is -0.0766. The summed E-state index contributed by atoms with van der Waals surface area (Å²) < 4.78 is 11.7. The summed E-state index contributed by atoms with van der Waals surface area (Å²) in [6.45, 7) is 12.2. The third-order valence-electron chi connectivity index (χ3n) is 12.2. The van der Waals surface area contributed by atoms with Crippen molar-refractivity contribution in [2.24, 2.45) is 5.41 Å². The first-order valence-corrected chi connectivity index (χ1v) is 19.0. The zero-order valence-electron chi connectivity index (χ0n) is 30.9. The number of hydrogen-bond donors (Lipinski definition) is 1. The standard InChI is InChI=1S/C44H51N5O3/c1-30(2)39-7-5-6-8-40(39)41-28-48(27-32-9-13-37(51-4)14-10-32)31(3)26-49(41)36-23-44(24-36)16-19-47(20-17-44)35-12-11-34(29-50)42(22-35)52-38-21-33-15-18-45-43(33)46-25-38/h5-15,18,21-22,25,29-31,36,41H,16-17,19-20,23-24,26-28H2,1-4H3,(H,45,46). The molecule has 1 saturated carbocycles. The van der Waals surface area contributed by atoms with Gasteiger partial charge in [0.2, 0.25) is 0 Å². The summed E-state index contributed by atoms with van der Waals surface area (Å²) in [5.41, 5.74) is 7.17. The molecule has 52 heavy (non-hydrogen) atoms. The molecule has 3 aromatic carbocycles. The van der Waals surface area contributed by atoms with E-state index < -0.39 is 0 Å². The Morgan fingerprint density at radius 3 is 2.50 bits per heavy atom. The van der Waals surface area contributed by atoms with Gasteiger partial charge in [-0.3, -0.25) is 14.6 Å². The van der Waals surface area contributed by atoms with Gasteiger partial charge in [-0.1, -0.05) is 50.2 Å². The molecule has 2 unspecified atom stereocenters. The number of piperazine rings is 1. The summed E-state index contributed by atoms with van der Waals surface area (Å²) >= 11 is 0. The molecule has 1 spiro atoms. The first kappa shape index (κ1) is 34.4. The van der Waals surface area contributed by atoms with Crippen molar-refractivity contribution in [2.75, 3.05) is 38.2 Å². The lowest BCUT2D eigenvalue weighted by atomic mass is 9.59. The zero-order valence-corrected chi connectivity index (χ0v) is 30.9. The van der Waals surface area contributed by atoms with Crippen molar-refractivity contribution < 1.29 is 14.3 Å². The van der Waals surface area contributed by atoms with Crippen molar-refractivity contribution in [2.45, 2.75) is 77.0 Å². The van der Waals surface area contributed by atoms with Crippen LogP contribution in [-0.4, -0.2) is 71.4 Å². The molecule has 270 valence electrons. The van der Waals surface area contributed by atoms with Crippen LogP contribution in [0.1, 0.15) is 85.5 Å². The number of carbonyl (C=O) groups is 1. The highest BCUT2D eigenvalue weighted by molar-refractivity contribution is 5.81. The monoisotopic (exact) mass is 697 g/mol. The number of rotatable bonds is 10. The quantitative estimate of drug-likeness (QED) is 0.146. The first-order valence-electron chi connectivity index (χ1n) is 19.0. The lowest BCUT2D eigenvalue weighted by Gasteiger charge is -2.59. The van der Waals surface area contributed by atoms with E-state index in [0.29, 0.717) is 46.5 Å². The molecule has 3 fully saturated rings. The number of hydrogen-bond acceptors (Lipinski definition) is 7. The van der Waals surface area contributed by atoms with Crippen molar-refractivity contribution in [1.82, 2.24) is 19.8 Å². The van der Waals surface area contributed by atoms with E-state index in [2.05, 4.69) is 100 Å². The summed E-state index contributed by atoms with van der Waals surface area (Å²) in [7, 11) is 1.73. The Morgan fingerprint density at radius 1 is 0.962 bits per heavy atom. The predicted octanol–water partition coefficient (Wildman–Crippen LogP) is 9.00. The molecule has 2 aromatic heterocycles. The van der Waals surface area contributed by atoms with Gasteiger partial charge in [-0.2, -0.15) is 0 Å². The van der Waals surface area contributed by atoms with E-state index in [0.717, 1.165) is 61.5 Å². The molecule has 8 rings (SSSR count). The van der Waals surface area contributed by atoms with E-state index in [4.69, 9.17) is 9.47 Å². The minimum Gasteiger partial charge on any atom is -0.497 e. The molecule has 0 bridgehead atoms. The maximum Gasteiger partial charge on any atom is 0.153 e. The second kappa shape index (κ2) is 14.4. The average molecular weight is 698 g/mol. The largest absolute Gasteiger partial charge is 0.497 e. The topological polar surface area (TPSA) is 73.9 Å². The predicted molar refractivity (Wildman–Crippen MR) is 208 cm³/mol. The molecular formula is C44H51N5O3. The second-order valence-electron chi connectivity index (χ2n) is 15.7. The van der Waals surface area contributed by atoms with Crippen LogP contribution in [0.5, 0.6) is 17.2 Å². The zero-order chi connectivity index (χ0) is 35.8. The van der Waals surface area contributed by atoms with Crippen molar-refractivity contribution in [3.63, 3.8) is 0 Å². The van der Waals surface area contributed by atoms with E-state index in [-0.39, 0.29) is 0 Å². The summed E-state index contributed by atoms with van der Waals surface area (Å²) in [4.78, 5) is 27.6. The van der Waals surface area contributed by atoms with Gasteiger partial charge >= 0.3 is 0 Å². The smallest absolute Gasteiger partial charge is 0.153 e. The Kier molecular flexibility index (Phi) is 9.53. The Labute approximate surface area is 307 Å². The van der Waals surface area contributed by atoms with Gasteiger partial charge in [-0.25, -0.2) is 4.98 Å². The molecule has 1 aliphatic carbocycles. The van der Waals surface area contributed by atoms with Crippen molar-refractivity contribution in [3.8, 4) is 17.2 Å². The van der Waals surface area contributed by atoms with E-state index >= 15 is 0 Å². The van der Waals surface area contributed by atoms with E-state index in [1.807, 2.05) is 30.5 Å². The number of fused-ring (bicyclic) bond motifs is 1.